The van der Waals surface area contributed by atoms with Crippen LogP contribution >= 0.6 is 0 Å². The third-order valence-electron chi connectivity index (χ3n) is 2.89. The van der Waals surface area contributed by atoms with E-state index in [4.69, 9.17) is 9.84 Å². The van der Waals surface area contributed by atoms with Crippen molar-refractivity contribution in [1.82, 2.24) is 5.32 Å². The number of carbonyl (C=O) groups excluding carboxylic acids is 1. The average molecular weight is 243 g/mol. The van der Waals surface area contributed by atoms with E-state index in [0.29, 0.717) is 12.3 Å². The van der Waals surface area contributed by atoms with E-state index in [1.807, 2.05) is 0 Å². The van der Waals surface area contributed by atoms with Crippen molar-refractivity contribution in [3.05, 3.63) is 0 Å². The van der Waals surface area contributed by atoms with Crippen molar-refractivity contribution in [3.8, 4) is 0 Å². The highest BCUT2D eigenvalue weighted by Gasteiger charge is 2.25. The van der Waals surface area contributed by atoms with Crippen molar-refractivity contribution < 1.29 is 19.4 Å². The molecule has 0 aromatic heterocycles. The van der Waals surface area contributed by atoms with Crippen LogP contribution in [0.3, 0.4) is 0 Å². The first-order chi connectivity index (χ1) is 7.89. The van der Waals surface area contributed by atoms with Gasteiger partial charge in [-0.1, -0.05) is 0 Å². The molecule has 0 radical (unpaired) electrons. The molecule has 0 spiro atoms. The van der Waals surface area contributed by atoms with Gasteiger partial charge in [-0.2, -0.15) is 0 Å². The van der Waals surface area contributed by atoms with Gasteiger partial charge >= 0.3 is 5.97 Å². The second-order valence-corrected chi connectivity index (χ2v) is 5.26. The molecule has 98 valence electrons. The Morgan fingerprint density at radius 3 is 2.47 bits per heavy atom. The number of carbonyl (C=O) groups is 2. The van der Waals surface area contributed by atoms with Crippen LogP contribution in [0.5, 0.6) is 0 Å². The van der Waals surface area contributed by atoms with Gasteiger partial charge in [0.2, 0.25) is 5.91 Å². The summed E-state index contributed by atoms with van der Waals surface area (Å²) in [7, 11) is 0. The molecular weight excluding hydrogens is 222 g/mol. The summed E-state index contributed by atoms with van der Waals surface area (Å²) in [5.41, 5.74) is -0.686. The van der Waals surface area contributed by atoms with E-state index in [-0.39, 0.29) is 12.3 Å². The molecule has 1 amide bonds. The number of nitrogens with one attached hydrogen (secondary N) is 1. The number of aliphatic carboxylic acids is 1. The van der Waals surface area contributed by atoms with Gasteiger partial charge < -0.3 is 15.2 Å². The Morgan fingerprint density at radius 1 is 1.35 bits per heavy atom. The fourth-order valence-electron chi connectivity index (χ4n) is 2.06. The number of rotatable bonds is 5. The van der Waals surface area contributed by atoms with Gasteiger partial charge in [-0.3, -0.25) is 9.59 Å². The normalized spacial score (nSPS) is 17.8. The van der Waals surface area contributed by atoms with Crippen LogP contribution < -0.4 is 5.32 Å². The molecule has 1 heterocycles. The van der Waals surface area contributed by atoms with Gasteiger partial charge in [0.25, 0.3) is 0 Å². The number of carboxylic acid groups (broad SMARTS) is 1. The predicted octanol–water partition coefficient (Wildman–Crippen LogP) is 1.17. The standard InChI is InChI=1S/C12H21NO4/c1-12(2,8-11(15)16)13-10(14)7-9-3-5-17-6-4-9/h9H,3-8H2,1-2H3,(H,13,14)(H,15,16). The van der Waals surface area contributed by atoms with Crippen molar-refractivity contribution in [2.24, 2.45) is 5.92 Å². The smallest absolute Gasteiger partial charge is 0.305 e. The molecule has 1 rings (SSSR count). The van der Waals surface area contributed by atoms with Crippen molar-refractivity contribution in [1.29, 1.82) is 0 Å². The first-order valence-electron chi connectivity index (χ1n) is 5.99. The zero-order valence-corrected chi connectivity index (χ0v) is 10.5. The maximum atomic E-state index is 11.8. The van der Waals surface area contributed by atoms with Crippen LogP contribution in [0.15, 0.2) is 0 Å². The van der Waals surface area contributed by atoms with Crippen LogP contribution in [0.1, 0.15) is 39.5 Å². The van der Waals surface area contributed by atoms with Crippen LogP contribution in [0, 0.1) is 5.92 Å². The molecule has 1 aliphatic heterocycles. The van der Waals surface area contributed by atoms with Gasteiger partial charge in [0.15, 0.2) is 0 Å². The fourth-order valence-corrected chi connectivity index (χ4v) is 2.06. The Hall–Kier alpha value is -1.10. The molecule has 0 unspecified atom stereocenters. The van der Waals surface area contributed by atoms with Gasteiger partial charge in [-0.25, -0.2) is 0 Å². The highest BCUT2D eigenvalue weighted by Crippen LogP contribution is 2.19. The van der Waals surface area contributed by atoms with Gasteiger partial charge in [0, 0.05) is 25.2 Å². The minimum atomic E-state index is -0.902. The monoisotopic (exact) mass is 243 g/mol. The maximum absolute atomic E-state index is 11.8. The molecule has 0 saturated carbocycles. The van der Waals surface area contributed by atoms with Crippen molar-refractivity contribution in [2.45, 2.75) is 45.1 Å². The lowest BCUT2D eigenvalue weighted by atomic mass is 9.94. The SMILES string of the molecule is CC(C)(CC(=O)O)NC(=O)CC1CCOCC1. The first kappa shape index (κ1) is 14.0. The van der Waals surface area contributed by atoms with Gasteiger partial charge in [-0.05, 0) is 32.6 Å². The summed E-state index contributed by atoms with van der Waals surface area (Å²) in [4.78, 5) is 22.4. The van der Waals surface area contributed by atoms with E-state index in [9.17, 15) is 9.59 Å². The Balaban J connectivity index is 2.34. The molecule has 5 heteroatoms. The number of carboxylic acids is 1. The van der Waals surface area contributed by atoms with E-state index >= 15 is 0 Å². The Kier molecular flexibility index (Phi) is 4.93. The second kappa shape index (κ2) is 6.00. The van der Waals surface area contributed by atoms with Crippen LogP contribution in [0.2, 0.25) is 0 Å². The van der Waals surface area contributed by atoms with Crippen LogP contribution in [-0.4, -0.2) is 35.7 Å². The van der Waals surface area contributed by atoms with Gasteiger partial charge in [0.05, 0.1) is 6.42 Å². The summed E-state index contributed by atoms with van der Waals surface area (Å²) >= 11 is 0. The van der Waals surface area contributed by atoms with Crippen molar-refractivity contribution in [2.75, 3.05) is 13.2 Å². The van der Waals surface area contributed by atoms with E-state index in [1.54, 1.807) is 13.8 Å². The number of hydrogen-bond donors (Lipinski definition) is 2. The number of hydrogen-bond acceptors (Lipinski definition) is 3. The van der Waals surface area contributed by atoms with Crippen LogP contribution in [-0.2, 0) is 14.3 Å². The summed E-state index contributed by atoms with van der Waals surface area (Å²) in [6.07, 6.45) is 2.22. The van der Waals surface area contributed by atoms with E-state index in [0.717, 1.165) is 26.1 Å². The Morgan fingerprint density at radius 2 is 1.94 bits per heavy atom. The van der Waals surface area contributed by atoms with E-state index in [1.165, 1.54) is 0 Å². The lowest BCUT2D eigenvalue weighted by Gasteiger charge is -2.27. The molecule has 17 heavy (non-hydrogen) atoms. The molecule has 5 nitrogen and oxygen atoms in total. The summed E-state index contributed by atoms with van der Waals surface area (Å²) in [6.45, 7) is 4.89. The van der Waals surface area contributed by atoms with Crippen LogP contribution in [0.25, 0.3) is 0 Å². The first-order valence-corrected chi connectivity index (χ1v) is 5.99. The zero-order chi connectivity index (χ0) is 12.9. The van der Waals surface area contributed by atoms with E-state index < -0.39 is 11.5 Å². The Bertz CT molecular complexity index is 282. The summed E-state index contributed by atoms with van der Waals surface area (Å²) in [5.74, 6) is -0.603. The average Bonchev–Trinajstić information content (AvgIpc) is 2.15. The fraction of sp³-hybridized carbons (Fsp3) is 0.833. The molecule has 2 N–H and O–H groups in total. The molecule has 0 bridgehead atoms. The topological polar surface area (TPSA) is 75.6 Å². The van der Waals surface area contributed by atoms with Crippen molar-refractivity contribution >= 4 is 11.9 Å². The zero-order valence-electron chi connectivity index (χ0n) is 10.5. The molecule has 1 aliphatic rings. The quantitative estimate of drug-likeness (QED) is 0.760. The summed E-state index contributed by atoms with van der Waals surface area (Å²) in [6, 6.07) is 0. The Labute approximate surface area is 102 Å². The van der Waals surface area contributed by atoms with Crippen molar-refractivity contribution in [3.63, 3.8) is 0 Å². The molecule has 1 saturated heterocycles. The largest absolute Gasteiger partial charge is 0.481 e. The number of amides is 1. The number of ether oxygens (including phenoxy) is 1. The maximum Gasteiger partial charge on any atom is 0.305 e. The minimum absolute atomic E-state index is 0.0630. The minimum Gasteiger partial charge on any atom is -0.481 e. The third kappa shape index (κ3) is 5.68. The third-order valence-corrected chi connectivity index (χ3v) is 2.89. The van der Waals surface area contributed by atoms with E-state index in [2.05, 4.69) is 5.32 Å². The highest BCUT2D eigenvalue weighted by atomic mass is 16.5. The van der Waals surface area contributed by atoms with Crippen LogP contribution in [0.4, 0.5) is 0 Å². The molecule has 0 atom stereocenters. The molecular formula is C12H21NO4. The lowest BCUT2D eigenvalue weighted by Crippen LogP contribution is -2.45. The molecule has 1 fully saturated rings. The summed E-state index contributed by atoms with van der Waals surface area (Å²) < 4.78 is 5.23. The lowest BCUT2D eigenvalue weighted by molar-refractivity contribution is -0.138. The molecule has 0 aromatic carbocycles. The second-order valence-electron chi connectivity index (χ2n) is 5.26. The highest BCUT2D eigenvalue weighted by molar-refractivity contribution is 5.78. The predicted molar refractivity (Wildman–Crippen MR) is 62.6 cm³/mol. The summed E-state index contributed by atoms with van der Waals surface area (Å²) in [5, 5.41) is 11.5. The molecule has 0 aromatic rings. The van der Waals surface area contributed by atoms with Gasteiger partial charge in [-0.15, -0.1) is 0 Å². The molecule has 0 aliphatic carbocycles. The van der Waals surface area contributed by atoms with Gasteiger partial charge in [0.1, 0.15) is 0 Å².